The fourth-order valence-corrected chi connectivity index (χ4v) is 3.81. The Morgan fingerprint density at radius 3 is 2.55 bits per heavy atom. The largest absolute Gasteiger partial charge is 0.441 e. The third-order valence-corrected chi connectivity index (χ3v) is 5.82. The van der Waals surface area contributed by atoms with E-state index in [-0.39, 0.29) is 0 Å². The molecule has 0 radical (unpaired) electrons. The Balaban J connectivity index is 1.63. The summed E-state index contributed by atoms with van der Waals surface area (Å²) >= 11 is 5.89. The van der Waals surface area contributed by atoms with E-state index < -0.39 is 29.6 Å². The van der Waals surface area contributed by atoms with Gasteiger partial charge in [0.1, 0.15) is 0 Å². The molecule has 0 fully saturated rings. The lowest BCUT2D eigenvalue weighted by Crippen LogP contribution is -2.36. The standard InChI is InChI=1S/C24H23ClN4O4/c1-15(24(32)33-16(2)28-12-11-26-14-28)20-13-22(30)29(21-6-4-3-5-19(20)21)27-23(31)17-7-9-18(25)10-8-17/h3-10,13-16H,11-12H2,1-2H3,(H,27,31). The quantitative estimate of drug-likeness (QED) is 0.562. The number of rotatable bonds is 6. The van der Waals surface area contributed by atoms with Crippen LogP contribution in [0.4, 0.5) is 0 Å². The maximum atomic E-state index is 13.0. The van der Waals surface area contributed by atoms with E-state index in [1.54, 1.807) is 62.7 Å². The summed E-state index contributed by atoms with van der Waals surface area (Å²) in [4.78, 5) is 44.5. The highest BCUT2D eigenvalue weighted by Crippen LogP contribution is 2.25. The van der Waals surface area contributed by atoms with Crippen molar-refractivity contribution in [1.29, 1.82) is 0 Å². The lowest BCUT2D eigenvalue weighted by molar-refractivity contribution is -0.155. The zero-order chi connectivity index (χ0) is 23.5. The number of para-hydroxylation sites is 1. The average Bonchev–Trinajstić information content (AvgIpc) is 3.36. The third-order valence-electron chi connectivity index (χ3n) is 5.57. The van der Waals surface area contributed by atoms with Crippen LogP contribution in [0.25, 0.3) is 10.9 Å². The van der Waals surface area contributed by atoms with Crippen LogP contribution in [0.15, 0.2) is 64.4 Å². The van der Waals surface area contributed by atoms with Gasteiger partial charge in [0.2, 0.25) is 0 Å². The van der Waals surface area contributed by atoms with Crippen molar-refractivity contribution in [3.8, 4) is 0 Å². The van der Waals surface area contributed by atoms with Crippen molar-refractivity contribution in [2.24, 2.45) is 4.99 Å². The van der Waals surface area contributed by atoms with Crippen molar-refractivity contribution < 1.29 is 14.3 Å². The summed E-state index contributed by atoms with van der Waals surface area (Å²) in [6, 6.07) is 14.8. The van der Waals surface area contributed by atoms with Gasteiger partial charge >= 0.3 is 5.97 Å². The van der Waals surface area contributed by atoms with Gasteiger partial charge in [0.25, 0.3) is 11.5 Å². The van der Waals surface area contributed by atoms with Crippen LogP contribution in [0.5, 0.6) is 0 Å². The highest BCUT2D eigenvalue weighted by atomic mass is 35.5. The van der Waals surface area contributed by atoms with Gasteiger partial charge in [0, 0.05) is 28.6 Å². The fraction of sp³-hybridized carbons (Fsp3) is 0.250. The number of carbonyl (C=O) groups excluding carboxylic acids is 2. The molecule has 1 aromatic heterocycles. The van der Waals surface area contributed by atoms with Gasteiger partial charge in [0.15, 0.2) is 6.23 Å². The molecule has 2 heterocycles. The van der Waals surface area contributed by atoms with E-state index >= 15 is 0 Å². The van der Waals surface area contributed by atoms with Gasteiger partial charge in [-0.2, -0.15) is 0 Å². The Hall–Kier alpha value is -3.65. The molecule has 8 nitrogen and oxygen atoms in total. The minimum absolute atomic E-state index is 0.357. The number of pyridine rings is 1. The molecule has 2 aromatic carbocycles. The Bertz CT molecular complexity index is 1290. The van der Waals surface area contributed by atoms with E-state index in [1.807, 2.05) is 11.0 Å². The summed E-state index contributed by atoms with van der Waals surface area (Å²) in [5.41, 5.74) is 3.53. The first-order chi connectivity index (χ1) is 15.8. The fourth-order valence-electron chi connectivity index (χ4n) is 3.68. The van der Waals surface area contributed by atoms with Crippen molar-refractivity contribution >= 4 is 40.7 Å². The number of esters is 1. The molecule has 2 atom stereocenters. The van der Waals surface area contributed by atoms with Gasteiger partial charge in [-0.1, -0.05) is 29.8 Å². The first kappa shape index (κ1) is 22.5. The van der Waals surface area contributed by atoms with Crippen LogP contribution in [0, 0.1) is 0 Å². The van der Waals surface area contributed by atoms with Crippen LogP contribution in [-0.2, 0) is 9.53 Å². The van der Waals surface area contributed by atoms with Gasteiger partial charge in [-0.25, -0.2) is 4.68 Å². The first-order valence-corrected chi connectivity index (χ1v) is 10.9. The Morgan fingerprint density at radius 1 is 1.12 bits per heavy atom. The molecule has 0 aliphatic carbocycles. The van der Waals surface area contributed by atoms with Crippen LogP contribution in [0.2, 0.25) is 5.02 Å². The number of aliphatic imine (C=N–C) groups is 1. The third kappa shape index (κ3) is 4.75. The number of nitrogens with zero attached hydrogens (tertiary/aromatic N) is 3. The zero-order valence-electron chi connectivity index (χ0n) is 18.2. The molecule has 0 spiro atoms. The smallest absolute Gasteiger partial charge is 0.315 e. The predicted molar refractivity (Wildman–Crippen MR) is 127 cm³/mol. The second-order valence-electron chi connectivity index (χ2n) is 7.76. The number of carbonyl (C=O) groups is 2. The highest BCUT2D eigenvalue weighted by molar-refractivity contribution is 6.30. The van der Waals surface area contributed by atoms with Gasteiger partial charge in [-0.15, -0.1) is 0 Å². The van der Waals surface area contributed by atoms with Crippen LogP contribution >= 0.6 is 11.6 Å². The predicted octanol–water partition coefficient (Wildman–Crippen LogP) is 3.38. The summed E-state index contributed by atoms with van der Waals surface area (Å²) in [6.45, 7) is 4.84. The average molecular weight is 467 g/mol. The Morgan fingerprint density at radius 2 is 1.85 bits per heavy atom. The topological polar surface area (TPSA) is 93.0 Å². The molecule has 0 saturated heterocycles. The second kappa shape index (κ2) is 9.46. The lowest BCUT2D eigenvalue weighted by Gasteiger charge is -2.25. The lowest BCUT2D eigenvalue weighted by atomic mass is 9.97. The summed E-state index contributed by atoms with van der Waals surface area (Å²) in [5.74, 6) is -1.60. The molecular weight excluding hydrogens is 444 g/mol. The number of aromatic nitrogens is 1. The number of nitrogens with one attached hydrogen (secondary N) is 1. The summed E-state index contributed by atoms with van der Waals surface area (Å²) in [7, 11) is 0. The monoisotopic (exact) mass is 466 g/mol. The van der Waals surface area contributed by atoms with E-state index in [9.17, 15) is 14.4 Å². The number of ether oxygens (including phenoxy) is 1. The number of benzene rings is 2. The highest BCUT2D eigenvalue weighted by Gasteiger charge is 2.25. The maximum absolute atomic E-state index is 13.0. The van der Waals surface area contributed by atoms with E-state index in [0.717, 1.165) is 0 Å². The number of fused-ring (bicyclic) bond motifs is 1. The molecule has 1 aliphatic heterocycles. The molecule has 33 heavy (non-hydrogen) atoms. The summed E-state index contributed by atoms with van der Waals surface area (Å²) in [5, 5.41) is 1.17. The molecule has 3 aromatic rings. The molecule has 2 unspecified atom stereocenters. The molecule has 1 amide bonds. The van der Waals surface area contributed by atoms with Crippen molar-refractivity contribution in [2.75, 3.05) is 18.5 Å². The van der Waals surface area contributed by atoms with Gasteiger partial charge in [-0.3, -0.25) is 24.8 Å². The van der Waals surface area contributed by atoms with E-state index in [0.29, 0.717) is 40.1 Å². The van der Waals surface area contributed by atoms with E-state index in [4.69, 9.17) is 16.3 Å². The van der Waals surface area contributed by atoms with Crippen LogP contribution in [-0.4, -0.2) is 47.1 Å². The minimum Gasteiger partial charge on any atom is -0.441 e. The van der Waals surface area contributed by atoms with Crippen LogP contribution < -0.4 is 11.0 Å². The van der Waals surface area contributed by atoms with Crippen molar-refractivity contribution in [3.63, 3.8) is 0 Å². The summed E-state index contributed by atoms with van der Waals surface area (Å²) in [6.07, 6.45) is 1.21. The van der Waals surface area contributed by atoms with Crippen molar-refractivity contribution in [3.05, 3.63) is 81.1 Å². The molecule has 1 N–H and O–H groups in total. The first-order valence-electron chi connectivity index (χ1n) is 10.5. The zero-order valence-corrected chi connectivity index (χ0v) is 19.0. The molecule has 4 rings (SSSR count). The van der Waals surface area contributed by atoms with Crippen LogP contribution in [0.1, 0.15) is 35.7 Å². The van der Waals surface area contributed by atoms with E-state index in [2.05, 4.69) is 10.4 Å². The molecule has 0 saturated carbocycles. The van der Waals surface area contributed by atoms with Crippen LogP contribution in [0.3, 0.4) is 0 Å². The molecule has 170 valence electrons. The van der Waals surface area contributed by atoms with Crippen molar-refractivity contribution in [2.45, 2.75) is 26.0 Å². The second-order valence-corrected chi connectivity index (χ2v) is 8.19. The number of amides is 1. The van der Waals surface area contributed by atoms with Crippen molar-refractivity contribution in [1.82, 2.24) is 9.58 Å². The Labute approximate surface area is 195 Å². The molecule has 0 bridgehead atoms. The maximum Gasteiger partial charge on any atom is 0.315 e. The van der Waals surface area contributed by atoms with E-state index in [1.165, 1.54) is 10.7 Å². The molecule has 9 heteroatoms. The van der Waals surface area contributed by atoms with Gasteiger partial charge < -0.3 is 9.64 Å². The SMILES string of the molecule is CC(C(=O)OC(C)N1C=NCC1)c1cc(=O)n(NC(=O)c2ccc(Cl)cc2)c2ccccc12. The summed E-state index contributed by atoms with van der Waals surface area (Å²) < 4.78 is 6.79. The normalized spacial score (nSPS) is 14.8. The minimum atomic E-state index is -0.689. The van der Waals surface area contributed by atoms with Gasteiger partial charge in [0.05, 0.1) is 24.3 Å². The number of hydrogen-bond donors (Lipinski definition) is 1. The molecule has 1 aliphatic rings. The molecular formula is C24H23ClN4O4. The Kier molecular flexibility index (Phi) is 6.46. The number of halogens is 1. The van der Waals surface area contributed by atoms with Gasteiger partial charge in [-0.05, 0) is 49.7 Å². The number of hydrogen-bond acceptors (Lipinski definition) is 6.